The number of rotatable bonds is 0. The molecule has 0 saturated carbocycles. The number of nitrogens with one attached hydrogen (secondary N) is 1. The van der Waals surface area contributed by atoms with Crippen molar-refractivity contribution in [2.24, 2.45) is 10.9 Å². The van der Waals surface area contributed by atoms with Gasteiger partial charge in [-0.15, -0.1) is 0 Å². The molecular weight excluding hydrogens is 192 g/mol. The highest BCUT2D eigenvalue weighted by Crippen LogP contribution is 2.21. The van der Waals surface area contributed by atoms with Crippen molar-refractivity contribution in [3.05, 3.63) is 22.8 Å². The van der Waals surface area contributed by atoms with E-state index in [9.17, 15) is 0 Å². The zero-order valence-corrected chi connectivity index (χ0v) is 6.80. The van der Waals surface area contributed by atoms with Gasteiger partial charge in [0, 0.05) is 10.7 Å². The van der Waals surface area contributed by atoms with E-state index in [0.717, 1.165) is 4.48 Å². The molecule has 2 nitrogen and oxygen atoms in total. The van der Waals surface area contributed by atoms with Gasteiger partial charge in [0.15, 0.2) is 12.2 Å². The van der Waals surface area contributed by atoms with E-state index in [1.54, 1.807) is 0 Å². The Morgan fingerprint density at radius 1 is 1.70 bits per heavy atom. The summed E-state index contributed by atoms with van der Waals surface area (Å²) in [5, 5.41) is 3.01. The number of hydrogen-bond donors (Lipinski definition) is 1. The topological polar surface area (TPSA) is 24.4 Å². The third kappa shape index (κ3) is 0.877. The Morgan fingerprint density at radius 2 is 2.60 bits per heavy atom. The van der Waals surface area contributed by atoms with Crippen molar-refractivity contribution in [2.75, 3.05) is 0 Å². The van der Waals surface area contributed by atoms with E-state index in [4.69, 9.17) is 0 Å². The lowest BCUT2D eigenvalue weighted by molar-refractivity contribution is 0.567. The van der Waals surface area contributed by atoms with Crippen LogP contribution in [-0.2, 0) is 0 Å². The lowest BCUT2D eigenvalue weighted by atomic mass is 10.1. The van der Waals surface area contributed by atoms with Gasteiger partial charge < -0.3 is 0 Å². The fraction of sp³-hybridized carbons (Fsp3) is 0.286. The minimum absolute atomic E-state index is 0.196. The molecule has 2 unspecified atom stereocenters. The molecule has 0 fully saturated rings. The summed E-state index contributed by atoms with van der Waals surface area (Å²) in [7, 11) is 0. The van der Waals surface area contributed by atoms with Crippen LogP contribution < -0.4 is 5.32 Å². The second-order valence-corrected chi connectivity index (χ2v) is 3.22. The maximum absolute atomic E-state index is 4.23. The van der Waals surface area contributed by atoms with E-state index in [1.165, 1.54) is 0 Å². The minimum Gasteiger partial charge on any atom is -0.262 e. The second kappa shape index (κ2) is 2.19. The van der Waals surface area contributed by atoms with Crippen LogP contribution in [0.25, 0.3) is 0 Å². The fourth-order valence-corrected chi connectivity index (χ4v) is 1.49. The van der Waals surface area contributed by atoms with E-state index < -0.39 is 0 Å². The normalized spacial score (nSPS) is 34.3. The highest BCUT2D eigenvalue weighted by molar-refractivity contribution is 9.12. The number of allylic oxidation sites excluding steroid dienone is 1. The molecule has 50 valence electrons. The Hall–Kier alpha value is -0.660. The van der Waals surface area contributed by atoms with Crippen LogP contribution in [-0.4, -0.2) is 12.4 Å². The molecule has 0 aromatic carbocycles. The molecule has 2 rings (SSSR count). The van der Waals surface area contributed by atoms with Gasteiger partial charge in [-0.1, -0.05) is 6.08 Å². The van der Waals surface area contributed by atoms with Crippen molar-refractivity contribution in [3.63, 3.8) is 0 Å². The van der Waals surface area contributed by atoms with Crippen molar-refractivity contribution in [3.8, 4) is 0 Å². The molecule has 2 aliphatic heterocycles. The summed E-state index contributed by atoms with van der Waals surface area (Å²) in [5.41, 5.74) is 0. The monoisotopic (exact) mass is 197 g/mol. The molecule has 2 atom stereocenters. The number of nitrogens with zero attached hydrogens (tertiary/aromatic N) is 1. The predicted molar refractivity (Wildman–Crippen MR) is 43.7 cm³/mol. The molecular formula is C7H6BrN2+. The van der Waals surface area contributed by atoms with Crippen molar-refractivity contribution in [1.82, 2.24) is 5.32 Å². The lowest BCUT2D eigenvalue weighted by Gasteiger charge is -2.09. The van der Waals surface area contributed by atoms with Crippen LogP contribution in [0.5, 0.6) is 0 Å². The van der Waals surface area contributed by atoms with E-state index in [0.29, 0.717) is 5.92 Å². The second-order valence-electron chi connectivity index (χ2n) is 2.31. The molecule has 0 amide bonds. The zero-order chi connectivity index (χ0) is 6.97. The Bertz CT molecular complexity index is 230. The Labute approximate surface area is 67.9 Å². The van der Waals surface area contributed by atoms with Crippen LogP contribution >= 0.6 is 15.9 Å². The molecule has 2 aliphatic rings. The van der Waals surface area contributed by atoms with E-state index in [-0.39, 0.29) is 6.17 Å². The van der Waals surface area contributed by atoms with Crippen LogP contribution in [0.1, 0.15) is 0 Å². The third-order valence-electron chi connectivity index (χ3n) is 1.58. The van der Waals surface area contributed by atoms with Crippen molar-refractivity contribution >= 4 is 22.1 Å². The fourth-order valence-electron chi connectivity index (χ4n) is 1.07. The number of hydrogen-bond acceptors (Lipinski definition) is 2. The average Bonchev–Trinajstić information content (AvgIpc) is 2.33. The molecule has 3 heteroatoms. The van der Waals surface area contributed by atoms with Gasteiger partial charge in [-0.2, -0.15) is 5.32 Å². The summed E-state index contributed by atoms with van der Waals surface area (Å²) in [6.07, 6.45) is 9.05. The van der Waals surface area contributed by atoms with Crippen molar-refractivity contribution < 1.29 is 0 Å². The Kier molecular flexibility index (Phi) is 1.33. The molecule has 0 bridgehead atoms. The summed E-state index contributed by atoms with van der Waals surface area (Å²) in [6, 6.07) is 0. The third-order valence-corrected chi connectivity index (χ3v) is 2.05. The van der Waals surface area contributed by atoms with E-state index in [1.807, 2.05) is 12.3 Å². The summed E-state index contributed by atoms with van der Waals surface area (Å²) in [4.78, 5) is 4.23. The van der Waals surface area contributed by atoms with Crippen LogP contribution in [0.2, 0.25) is 0 Å². The largest absolute Gasteiger partial charge is 0.365 e. The van der Waals surface area contributed by atoms with Crippen LogP contribution in [0.4, 0.5) is 0 Å². The van der Waals surface area contributed by atoms with Crippen molar-refractivity contribution in [1.29, 1.82) is 0 Å². The highest BCUT2D eigenvalue weighted by Gasteiger charge is 2.30. The maximum atomic E-state index is 4.23. The van der Waals surface area contributed by atoms with Crippen molar-refractivity contribution in [2.45, 2.75) is 6.17 Å². The maximum Gasteiger partial charge on any atom is 0.365 e. The van der Waals surface area contributed by atoms with Gasteiger partial charge >= 0.3 is 6.20 Å². The average molecular weight is 198 g/mol. The van der Waals surface area contributed by atoms with Gasteiger partial charge in [-0.25, -0.2) is 0 Å². The predicted octanol–water partition coefficient (Wildman–Crippen LogP) is 1.21. The summed E-state index contributed by atoms with van der Waals surface area (Å²) in [5.74, 6) is 0.388. The SMILES string of the molecule is BrC1=CC2C=[C+]NC2N=C1. The molecule has 1 N–H and O–H groups in total. The van der Waals surface area contributed by atoms with Gasteiger partial charge in [0.25, 0.3) is 0 Å². The molecule has 10 heavy (non-hydrogen) atoms. The number of dihydropyridines is 1. The number of halogens is 1. The molecule has 0 saturated heterocycles. The highest BCUT2D eigenvalue weighted by atomic mass is 79.9. The first-order valence-corrected chi connectivity index (χ1v) is 3.90. The molecule has 0 radical (unpaired) electrons. The van der Waals surface area contributed by atoms with E-state index in [2.05, 4.69) is 38.5 Å². The molecule has 0 aromatic heterocycles. The summed E-state index contributed by atoms with van der Waals surface area (Å²) < 4.78 is 1.05. The quantitative estimate of drug-likeness (QED) is 0.581. The van der Waals surface area contributed by atoms with Gasteiger partial charge in [0.05, 0.1) is 5.92 Å². The number of fused-ring (bicyclic) bond motifs is 1. The first-order valence-electron chi connectivity index (χ1n) is 3.11. The van der Waals surface area contributed by atoms with Crippen LogP contribution in [0.15, 0.2) is 21.6 Å². The molecule has 0 aromatic rings. The van der Waals surface area contributed by atoms with E-state index >= 15 is 0 Å². The lowest BCUT2D eigenvalue weighted by Crippen LogP contribution is -2.25. The number of aliphatic imine (C=N–C) groups is 1. The smallest absolute Gasteiger partial charge is 0.262 e. The van der Waals surface area contributed by atoms with Gasteiger partial charge in [-0.3, -0.25) is 4.99 Å². The zero-order valence-electron chi connectivity index (χ0n) is 5.21. The summed E-state index contributed by atoms with van der Waals surface area (Å²) >= 11 is 3.36. The summed E-state index contributed by atoms with van der Waals surface area (Å²) in [6.45, 7) is 0. The van der Waals surface area contributed by atoms with Crippen LogP contribution in [0.3, 0.4) is 0 Å². The first-order chi connectivity index (χ1) is 4.86. The molecule has 2 heterocycles. The molecule has 0 aliphatic carbocycles. The Morgan fingerprint density at radius 3 is 3.50 bits per heavy atom. The minimum atomic E-state index is 0.196. The van der Waals surface area contributed by atoms with Gasteiger partial charge in [-0.05, 0) is 15.9 Å². The van der Waals surface area contributed by atoms with Crippen LogP contribution in [0, 0.1) is 12.1 Å². The van der Waals surface area contributed by atoms with Gasteiger partial charge in [0.2, 0.25) is 0 Å². The first kappa shape index (κ1) is 6.08. The van der Waals surface area contributed by atoms with Gasteiger partial charge in [0.1, 0.15) is 0 Å². The standard InChI is InChI=1S/C7H6BrN2/c8-6-3-5-1-2-9-7(5)10-4-6/h1,3-5,7,9H/q+1. The Balaban J connectivity index is 2.26. The molecule has 0 spiro atoms.